The summed E-state index contributed by atoms with van der Waals surface area (Å²) < 4.78 is 0. The van der Waals surface area contributed by atoms with E-state index in [4.69, 9.17) is 22.6 Å². The van der Waals surface area contributed by atoms with Gasteiger partial charge in [0.2, 0.25) is 0 Å². The topological polar surface area (TPSA) is 49.8 Å². The van der Waals surface area contributed by atoms with Crippen LogP contribution in [-0.4, -0.2) is 0 Å². The maximum atomic E-state index is 8.67. The SMILES string of the molecule is CC[C@@H](N)c1cc(C#N)ccc1Cl. The molecule has 0 heterocycles. The zero-order valence-electron chi connectivity index (χ0n) is 7.42. The highest BCUT2D eigenvalue weighted by Gasteiger charge is 2.08. The molecule has 0 fully saturated rings. The standard InChI is InChI=1S/C10H11ClN2/c1-2-10(13)8-5-7(6-12)3-4-9(8)11/h3-5,10H,2,13H2,1H3/t10-/m1/s1. The van der Waals surface area contributed by atoms with Crippen molar-refractivity contribution in [3.05, 3.63) is 34.3 Å². The lowest BCUT2D eigenvalue weighted by Crippen LogP contribution is -2.09. The number of hydrogen-bond donors (Lipinski definition) is 1. The summed E-state index contributed by atoms with van der Waals surface area (Å²) in [5.74, 6) is 0. The normalized spacial score (nSPS) is 12.2. The average Bonchev–Trinajstić information content (AvgIpc) is 2.17. The molecule has 3 heteroatoms. The molecule has 0 aliphatic rings. The molecule has 1 aromatic carbocycles. The summed E-state index contributed by atoms with van der Waals surface area (Å²) >= 11 is 5.94. The van der Waals surface area contributed by atoms with E-state index < -0.39 is 0 Å². The lowest BCUT2D eigenvalue weighted by atomic mass is 10.0. The number of halogens is 1. The molecule has 68 valence electrons. The van der Waals surface area contributed by atoms with Gasteiger partial charge < -0.3 is 5.73 Å². The Hall–Kier alpha value is -1.04. The number of hydrogen-bond acceptors (Lipinski definition) is 2. The summed E-state index contributed by atoms with van der Waals surface area (Å²) in [7, 11) is 0. The summed E-state index contributed by atoms with van der Waals surface area (Å²) in [4.78, 5) is 0. The van der Waals surface area contributed by atoms with E-state index in [1.165, 1.54) is 0 Å². The Morgan fingerprint density at radius 2 is 2.31 bits per heavy atom. The Morgan fingerprint density at radius 3 is 2.85 bits per heavy atom. The van der Waals surface area contributed by atoms with Gasteiger partial charge in [0.1, 0.15) is 0 Å². The van der Waals surface area contributed by atoms with Crippen molar-refractivity contribution in [2.75, 3.05) is 0 Å². The molecule has 0 aromatic heterocycles. The van der Waals surface area contributed by atoms with Crippen molar-refractivity contribution in [3.8, 4) is 6.07 Å². The van der Waals surface area contributed by atoms with Gasteiger partial charge in [0.25, 0.3) is 0 Å². The molecule has 2 nitrogen and oxygen atoms in total. The summed E-state index contributed by atoms with van der Waals surface area (Å²) in [6.45, 7) is 1.99. The Labute approximate surface area is 82.9 Å². The lowest BCUT2D eigenvalue weighted by Gasteiger charge is -2.10. The molecular weight excluding hydrogens is 184 g/mol. The van der Waals surface area contributed by atoms with Crippen LogP contribution >= 0.6 is 11.6 Å². The Kier molecular flexibility index (Phi) is 3.30. The number of nitrogens with zero attached hydrogens (tertiary/aromatic N) is 1. The minimum Gasteiger partial charge on any atom is -0.324 e. The number of nitriles is 1. The van der Waals surface area contributed by atoms with E-state index in [1.54, 1.807) is 18.2 Å². The summed E-state index contributed by atoms with van der Waals surface area (Å²) in [5.41, 5.74) is 7.28. The Bertz CT molecular complexity index is 341. The molecule has 0 aliphatic heterocycles. The molecule has 0 spiro atoms. The minimum absolute atomic E-state index is 0.0826. The maximum Gasteiger partial charge on any atom is 0.0991 e. The molecular formula is C10H11ClN2. The van der Waals surface area contributed by atoms with Gasteiger partial charge in [-0.15, -0.1) is 0 Å². The predicted molar refractivity (Wildman–Crippen MR) is 53.4 cm³/mol. The highest BCUT2D eigenvalue weighted by atomic mass is 35.5. The molecule has 0 amide bonds. The molecule has 0 saturated carbocycles. The third kappa shape index (κ3) is 2.21. The second-order valence-corrected chi connectivity index (χ2v) is 3.27. The Morgan fingerprint density at radius 1 is 1.62 bits per heavy atom. The quantitative estimate of drug-likeness (QED) is 0.787. The van der Waals surface area contributed by atoms with Crippen molar-refractivity contribution in [3.63, 3.8) is 0 Å². The molecule has 0 bridgehead atoms. The van der Waals surface area contributed by atoms with E-state index in [0.29, 0.717) is 10.6 Å². The molecule has 0 saturated heterocycles. The van der Waals surface area contributed by atoms with Gasteiger partial charge >= 0.3 is 0 Å². The second kappa shape index (κ2) is 4.27. The fraction of sp³-hybridized carbons (Fsp3) is 0.300. The second-order valence-electron chi connectivity index (χ2n) is 2.86. The van der Waals surface area contributed by atoms with Crippen molar-refractivity contribution in [2.45, 2.75) is 19.4 Å². The highest BCUT2D eigenvalue weighted by Crippen LogP contribution is 2.24. The highest BCUT2D eigenvalue weighted by molar-refractivity contribution is 6.31. The zero-order valence-corrected chi connectivity index (χ0v) is 8.17. The third-order valence-electron chi connectivity index (χ3n) is 1.96. The fourth-order valence-corrected chi connectivity index (χ4v) is 1.38. The van der Waals surface area contributed by atoms with Crippen molar-refractivity contribution in [1.82, 2.24) is 0 Å². The van der Waals surface area contributed by atoms with Crippen LogP contribution in [0.3, 0.4) is 0 Å². The first-order valence-corrected chi connectivity index (χ1v) is 4.52. The summed E-state index contributed by atoms with van der Waals surface area (Å²) in [5, 5.41) is 9.31. The van der Waals surface area contributed by atoms with E-state index in [-0.39, 0.29) is 6.04 Å². The first-order valence-electron chi connectivity index (χ1n) is 4.14. The average molecular weight is 195 g/mol. The molecule has 0 unspecified atom stereocenters. The van der Waals surface area contributed by atoms with Crippen molar-refractivity contribution in [1.29, 1.82) is 5.26 Å². The van der Waals surface area contributed by atoms with Crippen LogP contribution in [-0.2, 0) is 0 Å². The maximum absolute atomic E-state index is 8.67. The molecule has 2 N–H and O–H groups in total. The van der Waals surface area contributed by atoms with Gasteiger partial charge in [-0.25, -0.2) is 0 Å². The largest absolute Gasteiger partial charge is 0.324 e. The molecule has 0 aliphatic carbocycles. The zero-order chi connectivity index (χ0) is 9.84. The number of benzene rings is 1. The van der Waals surface area contributed by atoms with Crippen LogP contribution < -0.4 is 5.73 Å². The van der Waals surface area contributed by atoms with Crippen LogP contribution in [0, 0.1) is 11.3 Å². The van der Waals surface area contributed by atoms with E-state index in [1.807, 2.05) is 6.92 Å². The van der Waals surface area contributed by atoms with Crippen LogP contribution in [0.1, 0.15) is 30.5 Å². The number of nitrogens with two attached hydrogens (primary N) is 1. The van der Waals surface area contributed by atoms with Gasteiger partial charge in [0, 0.05) is 11.1 Å². The van der Waals surface area contributed by atoms with Gasteiger partial charge in [-0.05, 0) is 30.2 Å². The van der Waals surface area contributed by atoms with Gasteiger partial charge in [-0.3, -0.25) is 0 Å². The fourth-order valence-electron chi connectivity index (χ4n) is 1.12. The molecule has 1 aromatic rings. The number of rotatable bonds is 2. The van der Waals surface area contributed by atoms with Gasteiger partial charge in [0.15, 0.2) is 0 Å². The van der Waals surface area contributed by atoms with E-state index in [2.05, 4.69) is 6.07 Å². The van der Waals surface area contributed by atoms with E-state index in [9.17, 15) is 0 Å². The summed E-state index contributed by atoms with van der Waals surface area (Å²) in [6.07, 6.45) is 0.814. The third-order valence-corrected chi connectivity index (χ3v) is 2.31. The molecule has 1 atom stereocenters. The summed E-state index contributed by atoms with van der Waals surface area (Å²) in [6, 6.07) is 7.13. The van der Waals surface area contributed by atoms with Crippen LogP contribution in [0.15, 0.2) is 18.2 Å². The lowest BCUT2D eigenvalue weighted by molar-refractivity contribution is 0.699. The smallest absolute Gasteiger partial charge is 0.0991 e. The van der Waals surface area contributed by atoms with Crippen LogP contribution in [0.2, 0.25) is 5.02 Å². The van der Waals surface area contributed by atoms with Crippen molar-refractivity contribution in [2.24, 2.45) is 5.73 Å². The van der Waals surface area contributed by atoms with Gasteiger partial charge in [0.05, 0.1) is 11.6 Å². The monoisotopic (exact) mass is 194 g/mol. The first-order chi connectivity index (χ1) is 6.19. The van der Waals surface area contributed by atoms with Crippen LogP contribution in [0.25, 0.3) is 0 Å². The van der Waals surface area contributed by atoms with Crippen molar-refractivity contribution < 1.29 is 0 Å². The molecule has 13 heavy (non-hydrogen) atoms. The first kappa shape index (κ1) is 10.0. The van der Waals surface area contributed by atoms with Crippen LogP contribution in [0.5, 0.6) is 0 Å². The van der Waals surface area contributed by atoms with Gasteiger partial charge in [-0.1, -0.05) is 18.5 Å². The van der Waals surface area contributed by atoms with Crippen LogP contribution in [0.4, 0.5) is 0 Å². The van der Waals surface area contributed by atoms with Crippen molar-refractivity contribution >= 4 is 11.6 Å². The van der Waals surface area contributed by atoms with E-state index in [0.717, 1.165) is 12.0 Å². The molecule has 0 radical (unpaired) electrons. The predicted octanol–water partition coefficient (Wildman–Crippen LogP) is 2.62. The minimum atomic E-state index is -0.0826. The Balaban J connectivity index is 3.12. The molecule has 1 rings (SSSR count). The van der Waals surface area contributed by atoms with E-state index >= 15 is 0 Å². The van der Waals surface area contributed by atoms with Gasteiger partial charge in [-0.2, -0.15) is 5.26 Å².